The number of fused-ring (bicyclic) bond motifs is 1. The van der Waals surface area contributed by atoms with Crippen LogP contribution in [0.1, 0.15) is 17.7 Å². The van der Waals surface area contributed by atoms with Crippen LogP contribution in [0, 0.1) is 12.7 Å². The molecule has 1 fully saturated rings. The minimum absolute atomic E-state index is 0.135. The van der Waals surface area contributed by atoms with Crippen molar-refractivity contribution in [3.63, 3.8) is 0 Å². The number of nitrogens with zero attached hydrogens (tertiary/aromatic N) is 1. The van der Waals surface area contributed by atoms with Gasteiger partial charge in [0.1, 0.15) is 5.82 Å². The monoisotopic (exact) mass is 380 g/mol. The maximum Gasteiger partial charge on any atom is 0.315 e. The molecule has 4 rings (SSSR count). The molecule has 7 heteroatoms. The van der Waals surface area contributed by atoms with Crippen molar-refractivity contribution in [2.75, 3.05) is 11.4 Å². The van der Waals surface area contributed by atoms with E-state index < -0.39 is 5.82 Å². The van der Waals surface area contributed by atoms with Crippen molar-refractivity contribution < 1.29 is 14.0 Å². The largest absolute Gasteiger partial charge is 0.359 e. The van der Waals surface area contributed by atoms with Crippen molar-refractivity contribution in [3.05, 3.63) is 65.6 Å². The summed E-state index contributed by atoms with van der Waals surface area (Å²) < 4.78 is 13.4. The van der Waals surface area contributed by atoms with Crippen LogP contribution in [0.5, 0.6) is 0 Å². The number of carbonyl (C=O) groups excluding carboxylic acids is 2. The normalized spacial score (nSPS) is 16.6. The van der Waals surface area contributed by atoms with Crippen LogP contribution in [0.4, 0.5) is 14.9 Å². The zero-order valence-corrected chi connectivity index (χ0v) is 15.5. The number of anilines is 1. The number of urea groups is 1. The van der Waals surface area contributed by atoms with E-state index in [9.17, 15) is 14.0 Å². The van der Waals surface area contributed by atoms with Crippen LogP contribution in [0.3, 0.4) is 0 Å². The van der Waals surface area contributed by atoms with Crippen LogP contribution >= 0.6 is 0 Å². The summed E-state index contributed by atoms with van der Waals surface area (Å²) in [5, 5.41) is 6.75. The van der Waals surface area contributed by atoms with E-state index in [0.29, 0.717) is 18.8 Å². The van der Waals surface area contributed by atoms with Crippen LogP contribution in [-0.2, 0) is 11.3 Å². The third-order valence-electron chi connectivity index (χ3n) is 4.85. The number of carbonyl (C=O) groups is 2. The number of halogens is 1. The van der Waals surface area contributed by atoms with Gasteiger partial charge in [-0.05, 0) is 54.3 Å². The van der Waals surface area contributed by atoms with Gasteiger partial charge >= 0.3 is 6.03 Å². The summed E-state index contributed by atoms with van der Waals surface area (Å²) in [7, 11) is 0. The first-order valence-electron chi connectivity index (χ1n) is 9.16. The molecule has 28 heavy (non-hydrogen) atoms. The maximum absolute atomic E-state index is 13.4. The van der Waals surface area contributed by atoms with Crippen molar-refractivity contribution in [3.8, 4) is 0 Å². The van der Waals surface area contributed by atoms with Gasteiger partial charge in [-0.25, -0.2) is 9.18 Å². The minimum Gasteiger partial charge on any atom is -0.359 e. The Balaban J connectivity index is 1.32. The smallest absolute Gasteiger partial charge is 0.315 e. The summed E-state index contributed by atoms with van der Waals surface area (Å²) in [5.41, 5.74) is 3.65. The van der Waals surface area contributed by atoms with Crippen molar-refractivity contribution in [1.29, 1.82) is 0 Å². The first-order chi connectivity index (χ1) is 13.5. The molecule has 0 bridgehead atoms. The van der Waals surface area contributed by atoms with E-state index in [1.54, 1.807) is 12.1 Å². The quantitative estimate of drug-likeness (QED) is 0.650. The topological polar surface area (TPSA) is 77.2 Å². The molecule has 2 heterocycles. The lowest BCUT2D eigenvalue weighted by molar-refractivity contribution is -0.117. The molecule has 1 atom stereocenters. The molecule has 6 nitrogen and oxygen atoms in total. The fourth-order valence-corrected chi connectivity index (χ4v) is 3.55. The molecule has 0 spiro atoms. The number of hydrogen-bond donors (Lipinski definition) is 3. The van der Waals surface area contributed by atoms with E-state index in [4.69, 9.17) is 0 Å². The number of H-pyrrole nitrogens is 1. The zero-order valence-electron chi connectivity index (χ0n) is 15.5. The van der Waals surface area contributed by atoms with E-state index >= 15 is 0 Å². The Morgan fingerprint density at radius 2 is 2.11 bits per heavy atom. The first kappa shape index (κ1) is 18.0. The number of aromatic nitrogens is 1. The average molecular weight is 380 g/mol. The second-order valence-corrected chi connectivity index (χ2v) is 7.09. The van der Waals surface area contributed by atoms with E-state index in [1.165, 1.54) is 17.0 Å². The van der Waals surface area contributed by atoms with E-state index in [-0.39, 0.29) is 24.4 Å². The number of nitrogens with one attached hydrogen (secondary N) is 3. The Kier molecular flexibility index (Phi) is 4.73. The number of amides is 3. The second-order valence-electron chi connectivity index (χ2n) is 7.09. The molecule has 3 amide bonds. The fourth-order valence-electron chi connectivity index (χ4n) is 3.55. The molecule has 0 saturated carbocycles. The molecule has 3 N–H and O–H groups in total. The number of benzene rings is 2. The summed E-state index contributed by atoms with van der Waals surface area (Å²) in [6, 6.07) is 13.3. The van der Waals surface area contributed by atoms with Gasteiger partial charge in [-0.3, -0.25) is 4.79 Å². The van der Waals surface area contributed by atoms with Gasteiger partial charge in [0.05, 0.1) is 6.04 Å². The summed E-state index contributed by atoms with van der Waals surface area (Å²) in [5.74, 6) is -0.529. The predicted octanol–water partition coefficient (Wildman–Crippen LogP) is 3.22. The second kappa shape index (κ2) is 7.34. The highest BCUT2D eigenvalue weighted by molar-refractivity contribution is 5.96. The lowest BCUT2D eigenvalue weighted by atomic mass is 10.1. The Bertz CT molecular complexity index is 1050. The predicted molar refractivity (Wildman–Crippen MR) is 106 cm³/mol. The van der Waals surface area contributed by atoms with E-state index in [1.807, 2.05) is 25.1 Å². The summed E-state index contributed by atoms with van der Waals surface area (Å²) in [6.45, 7) is 2.71. The summed E-state index contributed by atoms with van der Waals surface area (Å²) >= 11 is 0. The van der Waals surface area contributed by atoms with Crippen molar-refractivity contribution in [1.82, 2.24) is 15.6 Å². The standard InChI is InChI=1S/C21H21FN4O2/c1-13-7-15-8-14(5-6-19(15)24-13)11-23-21(28)25-17-10-20(27)26(12-17)18-4-2-3-16(22)9-18/h2-9,17,24H,10-12H2,1H3,(H2,23,25,28)/t17-/m1/s1. The highest BCUT2D eigenvalue weighted by atomic mass is 19.1. The highest BCUT2D eigenvalue weighted by Gasteiger charge is 2.31. The molecular weight excluding hydrogens is 359 g/mol. The third kappa shape index (κ3) is 3.83. The Morgan fingerprint density at radius 3 is 2.93 bits per heavy atom. The van der Waals surface area contributed by atoms with Gasteiger partial charge in [-0.2, -0.15) is 0 Å². The Hall–Kier alpha value is -3.35. The Labute approximate surface area is 161 Å². The van der Waals surface area contributed by atoms with Crippen molar-refractivity contribution >= 4 is 28.5 Å². The zero-order chi connectivity index (χ0) is 19.7. The molecule has 0 unspecified atom stereocenters. The third-order valence-corrected chi connectivity index (χ3v) is 4.85. The first-order valence-corrected chi connectivity index (χ1v) is 9.16. The van der Waals surface area contributed by atoms with Gasteiger partial charge in [-0.1, -0.05) is 12.1 Å². The van der Waals surface area contributed by atoms with Crippen LogP contribution in [-0.4, -0.2) is 29.5 Å². The van der Waals surface area contributed by atoms with Gasteiger partial charge in [0.25, 0.3) is 0 Å². The molecule has 1 saturated heterocycles. The SMILES string of the molecule is Cc1cc2cc(CNC(=O)N[C@@H]3CC(=O)N(c4cccc(F)c4)C3)ccc2[nH]1. The lowest BCUT2D eigenvalue weighted by Gasteiger charge is -2.17. The van der Waals surface area contributed by atoms with Crippen LogP contribution < -0.4 is 15.5 Å². The number of hydrogen-bond acceptors (Lipinski definition) is 2. The number of aromatic amines is 1. The van der Waals surface area contributed by atoms with Gasteiger partial charge < -0.3 is 20.5 Å². The fraction of sp³-hybridized carbons (Fsp3) is 0.238. The van der Waals surface area contributed by atoms with Gasteiger partial charge in [0, 0.05) is 36.4 Å². The minimum atomic E-state index is -0.394. The highest BCUT2D eigenvalue weighted by Crippen LogP contribution is 2.22. The molecule has 3 aromatic rings. The molecule has 0 aliphatic carbocycles. The van der Waals surface area contributed by atoms with E-state index in [0.717, 1.165) is 22.2 Å². The number of aryl methyl sites for hydroxylation is 1. The summed E-state index contributed by atoms with van der Waals surface area (Å²) in [4.78, 5) is 29.2. The van der Waals surface area contributed by atoms with Crippen LogP contribution in [0.2, 0.25) is 0 Å². The van der Waals surface area contributed by atoms with Crippen LogP contribution in [0.15, 0.2) is 48.5 Å². The molecule has 1 aliphatic rings. The number of rotatable bonds is 4. The van der Waals surface area contributed by atoms with Crippen molar-refractivity contribution in [2.45, 2.75) is 25.9 Å². The lowest BCUT2D eigenvalue weighted by Crippen LogP contribution is -2.43. The van der Waals surface area contributed by atoms with Crippen molar-refractivity contribution in [2.24, 2.45) is 0 Å². The van der Waals surface area contributed by atoms with Gasteiger partial charge in [0.15, 0.2) is 0 Å². The molecule has 2 aromatic carbocycles. The molecule has 144 valence electrons. The molecule has 1 aromatic heterocycles. The average Bonchev–Trinajstić information content (AvgIpc) is 3.20. The Morgan fingerprint density at radius 1 is 1.25 bits per heavy atom. The molecule has 1 aliphatic heterocycles. The van der Waals surface area contributed by atoms with Crippen LogP contribution in [0.25, 0.3) is 10.9 Å². The summed E-state index contributed by atoms with van der Waals surface area (Å²) in [6.07, 6.45) is 0.193. The molecular formula is C21H21FN4O2. The molecule has 0 radical (unpaired) electrons. The maximum atomic E-state index is 13.4. The van der Waals surface area contributed by atoms with Gasteiger partial charge in [0.2, 0.25) is 5.91 Å². The van der Waals surface area contributed by atoms with E-state index in [2.05, 4.69) is 21.7 Å². The van der Waals surface area contributed by atoms with Gasteiger partial charge in [-0.15, -0.1) is 0 Å².